The summed E-state index contributed by atoms with van der Waals surface area (Å²) in [6.45, 7) is 1.86. The first-order valence-corrected chi connectivity index (χ1v) is 7.10. The molecule has 20 heavy (non-hydrogen) atoms. The Labute approximate surface area is 127 Å². The Morgan fingerprint density at radius 3 is 2.30 bits per heavy atom. The van der Waals surface area contributed by atoms with Crippen LogP contribution in [0.25, 0.3) is 0 Å². The lowest BCUT2D eigenvalue weighted by molar-refractivity contribution is -0.117. The number of carbonyl (C=O) groups excluding carboxylic acids is 1. The van der Waals surface area contributed by atoms with Gasteiger partial charge in [-0.3, -0.25) is 4.79 Å². The van der Waals surface area contributed by atoms with Crippen LogP contribution in [0.4, 0.5) is 0 Å². The summed E-state index contributed by atoms with van der Waals surface area (Å²) in [6.07, 6.45) is 0.660. The van der Waals surface area contributed by atoms with Crippen molar-refractivity contribution in [3.63, 3.8) is 0 Å². The van der Waals surface area contributed by atoms with Gasteiger partial charge in [0.2, 0.25) is 0 Å². The van der Waals surface area contributed by atoms with Gasteiger partial charge in [-0.1, -0.05) is 24.3 Å². The van der Waals surface area contributed by atoms with Gasteiger partial charge in [-0.15, -0.1) is 23.2 Å². The first kappa shape index (κ1) is 14.9. The van der Waals surface area contributed by atoms with E-state index in [0.29, 0.717) is 18.5 Å². The molecule has 1 heterocycles. The summed E-state index contributed by atoms with van der Waals surface area (Å²) in [4.78, 5) is 11.4. The summed E-state index contributed by atoms with van der Waals surface area (Å²) in [5, 5.41) is 7.93. The Morgan fingerprint density at radius 2 is 1.75 bits per heavy atom. The van der Waals surface area contributed by atoms with Crippen LogP contribution in [0.5, 0.6) is 0 Å². The van der Waals surface area contributed by atoms with Crippen molar-refractivity contribution in [3.05, 3.63) is 58.9 Å². The number of aromatic nitrogens is 2. The number of hydrogen-bond acceptors (Lipinski definition) is 3. The summed E-state index contributed by atoms with van der Waals surface area (Å²) < 4.78 is 0. The van der Waals surface area contributed by atoms with Crippen molar-refractivity contribution in [1.29, 1.82) is 0 Å². The lowest BCUT2D eigenvalue weighted by Crippen LogP contribution is -2.08. The lowest BCUT2D eigenvalue weighted by Gasteiger charge is -2.04. The quantitative estimate of drug-likeness (QED) is 0.792. The molecule has 5 heteroatoms. The van der Waals surface area contributed by atoms with E-state index in [1.165, 1.54) is 0 Å². The number of hydrogen-bond donors (Lipinski definition) is 0. The molecule has 0 N–H and O–H groups in total. The Balaban J connectivity index is 1.95. The van der Waals surface area contributed by atoms with Gasteiger partial charge in [0.1, 0.15) is 10.6 Å². The highest BCUT2D eigenvalue weighted by Crippen LogP contribution is 2.24. The van der Waals surface area contributed by atoms with E-state index in [2.05, 4.69) is 10.2 Å². The third-order valence-corrected chi connectivity index (χ3v) is 3.37. The summed E-state index contributed by atoms with van der Waals surface area (Å²) in [7, 11) is 0. The van der Waals surface area contributed by atoms with Crippen molar-refractivity contribution < 1.29 is 4.79 Å². The molecule has 0 unspecified atom stereocenters. The largest absolute Gasteiger partial charge is 0.299 e. The molecule has 0 atom stereocenters. The molecule has 0 aliphatic heterocycles. The standard InChI is InChI=1S/C15H14Cl2N2O/c1-10-2-7-13(19-18-10)9-14(20)8-11-3-5-12(6-4-11)15(16)17/h2-7,15H,8-9H2,1H3. The Morgan fingerprint density at radius 1 is 1.05 bits per heavy atom. The van der Waals surface area contributed by atoms with E-state index in [0.717, 1.165) is 16.8 Å². The molecule has 1 aromatic heterocycles. The summed E-state index contributed by atoms with van der Waals surface area (Å²) in [5.41, 5.74) is 3.30. The Kier molecular flexibility index (Phi) is 5.10. The molecule has 0 aliphatic rings. The molecule has 1 aromatic carbocycles. The van der Waals surface area contributed by atoms with Gasteiger partial charge in [0, 0.05) is 6.42 Å². The molecule has 0 fully saturated rings. The molecular weight excluding hydrogens is 295 g/mol. The molecule has 2 aromatic rings. The average molecular weight is 309 g/mol. The van der Waals surface area contributed by atoms with E-state index in [9.17, 15) is 4.79 Å². The molecule has 0 saturated carbocycles. The maximum Gasteiger partial charge on any atom is 0.143 e. The van der Waals surface area contributed by atoms with Crippen LogP contribution < -0.4 is 0 Å². The maximum absolute atomic E-state index is 12.0. The van der Waals surface area contributed by atoms with Gasteiger partial charge >= 0.3 is 0 Å². The van der Waals surface area contributed by atoms with Crippen molar-refractivity contribution in [2.24, 2.45) is 0 Å². The van der Waals surface area contributed by atoms with E-state index >= 15 is 0 Å². The number of carbonyl (C=O) groups is 1. The number of halogens is 2. The van der Waals surface area contributed by atoms with Crippen LogP contribution in [0.2, 0.25) is 0 Å². The first-order chi connectivity index (χ1) is 9.54. The zero-order valence-electron chi connectivity index (χ0n) is 11.0. The molecule has 104 valence electrons. The van der Waals surface area contributed by atoms with Crippen molar-refractivity contribution in [1.82, 2.24) is 10.2 Å². The van der Waals surface area contributed by atoms with Crippen molar-refractivity contribution >= 4 is 29.0 Å². The average Bonchev–Trinajstić information content (AvgIpc) is 2.42. The fraction of sp³-hybridized carbons (Fsp3) is 0.267. The second-order valence-electron chi connectivity index (χ2n) is 4.60. The molecule has 2 rings (SSSR count). The van der Waals surface area contributed by atoms with Gasteiger partial charge in [0.15, 0.2) is 0 Å². The summed E-state index contributed by atoms with van der Waals surface area (Å²) in [5.74, 6) is 0.101. The van der Waals surface area contributed by atoms with Crippen LogP contribution >= 0.6 is 23.2 Å². The molecule has 3 nitrogen and oxygen atoms in total. The Bertz CT molecular complexity index is 580. The summed E-state index contributed by atoms with van der Waals surface area (Å²) in [6, 6.07) is 11.1. The SMILES string of the molecule is Cc1ccc(CC(=O)Cc2ccc(C(Cl)Cl)cc2)nn1. The van der Waals surface area contributed by atoms with Crippen molar-refractivity contribution in [2.45, 2.75) is 24.6 Å². The second-order valence-corrected chi connectivity index (χ2v) is 5.70. The maximum atomic E-state index is 12.0. The number of rotatable bonds is 5. The second kappa shape index (κ2) is 6.82. The smallest absolute Gasteiger partial charge is 0.143 e. The van der Waals surface area contributed by atoms with Crippen molar-refractivity contribution in [2.75, 3.05) is 0 Å². The number of alkyl halides is 2. The Hall–Kier alpha value is -1.45. The monoisotopic (exact) mass is 308 g/mol. The minimum absolute atomic E-state index is 0.101. The van der Waals surface area contributed by atoms with Gasteiger partial charge in [-0.05, 0) is 30.2 Å². The van der Waals surface area contributed by atoms with E-state index in [-0.39, 0.29) is 5.78 Å². The summed E-state index contributed by atoms with van der Waals surface area (Å²) >= 11 is 11.5. The minimum Gasteiger partial charge on any atom is -0.299 e. The van der Waals surface area contributed by atoms with Crippen LogP contribution in [-0.2, 0) is 17.6 Å². The zero-order valence-corrected chi connectivity index (χ0v) is 12.5. The fourth-order valence-electron chi connectivity index (χ4n) is 1.79. The molecule has 0 radical (unpaired) electrons. The van der Waals surface area contributed by atoms with Crippen LogP contribution in [-0.4, -0.2) is 16.0 Å². The molecule has 0 amide bonds. The van der Waals surface area contributed by atoms with Crippen LogP contribution in [0, 0.1) is 6.92 Å². The third kappa shape index (κ3) is 4.29. The topological polar surface area (TPSA) is 42.9 Å². The molecule has 0 spiro atoms. The number of nitrogens with zero attached hydrogens (tertiary/aromatic N) is 2. The minimum atomic E-state index is -0.539. The van der Waals surface area contributed by atoms with Gasteiger partial charge in [-0.2, -0.15) is 10.2 Å². The number of aryl methyl sites for hydroxylation is 1. The highest BCUT2D eigenvalue weighted by Gasteiger charge is 2.08. The number of ketones is 1. The number of benzene rings is 1. The van der Waals surface area contributed by atoms with Gasteiger partial charge in [-0.25, -0.2) is 0 Å². The predicted octanol–water partition coefficient (Wildman–Crippen LogP) is 3.62. The van der Waals surface area contributed by atoms with Gasteiger partial charge in [0.05, 0.1) is 17.8 Å². The van der Waals surface area contributed by atoms with E-state index in [4.69, 9.17) is 23.2 Å². The fourth-order valence-corrected chi connectivity index (χ4v) is 2.08. The predicted molar refractivity (Wildman–Crippen MR) is 80.1 cm³/mol. The molecule has 0 bridgehead atoms. The third-order valence-electron chi connectivity index (χ3n) is 2.86. The molecule has 0 saturated heterocycles. The van der Waals surface area contributed by atoms with Gasteiger partial charge < -0.3 is 0 Å². The van der Waals surface area contributed by atoms with Crippen molar-refractivity contribution in [3.8, 4) is 0 Å². The van der Waals surface area contributed by atoms with E-state index < -0.39 is 4.84 Å². The van der Waals surface area contributed by atoms with E-state index in [1.807, 2.05) is 43.3 Å². The van der Waals surface area contributed by atoms with Crippen LogP contribution in [0.3, 0.4) is 0 Å². The molecule has 0 aliphatic carbocycles. The number of Topliss-reactive ketones (excluding diaryl/α,β-unsaturated/α-hetero) is 1. The van der Waals surface area contributed by atoms with Crippen LogP contribution in [0.1, 0.15) is 27.4 Å². The van der Waals surface area contributed by atoms with Crippen LogP contribution in [0.15, 0.2) is 36.4 Å². The van der Waals surface area contributed by atoms with Gasteiger partial charge in [0.25, 0.3) is 0 Å². The first-order valence-electron chi connectivity index (χ1n) is 6.22. The molecular formula is C15H14Cl2N2O. The highest BCUT2D eigenvalue weighted by atomic mass is 35.5. The normalized spacial score (nSPS) is 10.8. The lowest BCUT2D eigenvalue weighted by atomic mass is 10.0. The highest BCUT2D eigenvalue weighted by molar-refractivity contribution is 6.44. The zero-order chi connectivity index (χ0) is 14.5. The van der Waals surface area contributed by atoms with E-state index in [1.54, 1.807) is 0 Å².